The van der Waals surface area contributed by atoms with E-state index in [4.69, 9.17) is 11.6 Å². The minimum Gasteiger partial charge on any atom is -0.367 e. The average Bonchev–Trinajstić information content (AvgIpc) is 2.54. The third kappa shape index (κ3) is 4.48. The van der Waals surface area contributed by atoms with E-state index < -0.39 is 17.6 Å². The minimum atomic E-state index is -4.53. The summed E-state index contributed by atoms with van der Waals surface area (Å²) in [6.45, 7) is 4.01. The van der Waals surface area contributed by atoms with E-state index in [1.807, 2.05) is 0 Å². The van der Waals surface area contributed by atoms with E-state index in [0.717, 1.165) is 18.2 Å². The Balaban J connectivity index is 2.22. The Morgan fingerprint density at radius 2 is 2.04 bits per heavy atom. The van der Waals surface area contributed by atoms with Crippen LogP contribution in [0.25, 0.3) is 0 Å². The Bertz CT molecular complexity index is 762. The molecule has 8 heteroatoms. The number of carbonyl (C=O) groups is 1. The third-order valence-electron chi connectivity index (χ3n) is 2.99. The lowest BCUT2D eigenvalue weighted by Gasteiger charge is -2.12. The fourth-order valence-electron chi connectivity index (χ4n) is 1.84. The Hall–Kier alpha value is -2.54. The molecule has 0 spiro atoms. The van der Waals surface area contributed by atoms with Crippen molar-refractivity contribution in [3.05, 3.63) is 65.3 Å². The lowest BCUT2D eigenvalue weighted by Crippen LogP contribution is -2.14. The van der Waals surface area contributed by atoms with Gasteiger partial charge in [0, 0.05) is 18.3 Å². The number of aromatic nitrogens is 1. The molecule has 0 saturated carbocycles. The smallest absolute Gasteiger partial charge is 0.367 e. The molecule has 1 heterocycles. The van der Waals surface area contributed by atoms with Crippen LogP contribution in [0.3, 0.4) is 0 Å². The summed E-state index contributed by atoms with van der Waals surface area (Å²) in [5.74, 6) is -0.155. The van der Waals surface area contributed by atoms with Gasteiger partial charge in [0.25, 0.3) is 5.91 Å². The molecule has 2 aromatic rings. The Morgan fingerprint density at radius 3 is 2.71 bits per heavy atom. The van der Waals surface area contributed by atoms with E-state index >= 15 is 0 Å². The molecule has 0 bridgehead atoms. The SMILES string of the molecule is C=CCNc1cc(C(=O)Nc2cc(C(F)(F)F)ccc2Cl)ccn1. The van der Waals surface area contributed by atoms with Crippen molar-refractivity contribution < 1.29 is 18.0 Å². The highest BCUT2D eigenvalue weighted by molar-refractivity contribution is 6.34. The summed E-state index contributed by atoms with van der Waals surface area (Å²) in [7, 11) is 0. The Labute approximate surface area is 141 Å². The van der Waals surface area contributed by atoms with Gasteiger partial charge in [-0.2, -0.15) is 13.2 Å². The normalized spacial score (nSPS) is 11.0. The van der Waals surface area contributed by atoms with Crippen molar-refractivity contribution in [2.45, 2.75) is 6.18 Å². The maximum Gasteiger partial charge on any atom is 0.416 e. The lowest BCUT2D eigenvalue weighted by molar-refractivity contribution is -0.137. The molecule has 1 aromatic carbocycles. The maximum atomic E-state index is 12.8. The molecule has 126 valence electrons. The summed E-state index contributed by atoms with van der Waals surface area (Å²) in [5.41, 5.74) is -0.788. The zero-order valence-corrected chi connectivity index (χ0v) is 13.1. The van der Waals surface area contributed by atoms with Crippen LogP contribution in [0, 0.1) is 0 Å². The highest BCUT2D eigenvalue weighted by atomic mass is 35.5. The molecule has 24 heavy (non-hydrogen) atoms. The Morgan fingerprint density at radius 1 is 1.29 bits per heavy atom. The van der Waals surface area contributed by atoms with Gasteiger partial charge in [-0.15, -0.1) is 6.58 Å². The van der Waals surface area contributed by atoms with Gasteiger partial charge in [0.2, 0.25) is 0 Å². The highest BCUT2D eigenvalue weighted by Gasteiger charge is 2.31. The number of nitrogens with zero attached hydrogens (tertiary/aromatic N) is 1. The number of hydrogen-bond acceptors (Lipinski definition) is 3. The minimum absolute atomic E-state index is 0.00964. The quantitative estimate of drug-likeness (QED) is 0.770. The predicted molar refractivity (Wildman–Crippen MR) is 87.3 cm³/mol. The molecule has 2 rings (SSSR count). The van der Waals surface area contributed by atoms with Gasteiger partial charge in [0.05, 0.1) is 16.3 Å². The number of anilines is 2. The number of carbonyl (C=O) groups excluding carboxylic acids is 1. The maximum absolute atomic E-state index is 12.8. The molecular formula is C16H13ClF3N3O. The average molecular weight is 356 g/mol. The second-order valence-electron chi connectivity index (χ2n) is 4.75. The van der Waals surface area contributed by atoms with Crippen molar-refractivity contribution in [3.8, 4) is 0 Å². The number of pyridine rings is 1. The zero-order chi connectivity index (χ0) is 17.7. The van der Waals surface area contributed by atoms with E-state index in [-0.39, 0.29) is 16.3 Å². The topological polar surface area (TPSA) is 54.0 Å². The highest BCUT2D eigenvalue weighted by Crippen LogP contribution is 2.34. The van der Waals surface area contributed by atoms with Crippen molar-refractivity contribution >= 4 is 29.0 Å². The largest absolute Gasteiger partial charge is 0.416 e. The summed E-state index contributed by atoms with van der Waals surface area (Å²) >= 11 is 5.86. The van der Waals surface area contributed by atoms with Crippen molar-refractivity contribution in [2.75, 3.05) is 17.2 Å². The van der Waals surface area contributed by atoms with E-state index in [1.54, 1.807) is 6.08 Å². The van der Waals surface area contributed by atoms with E-state index in [1.165, 1.54) is 18.3 Å². The fraction of sp³-hybridized carbons (Fsp3) is 0.125. The third-order valence-corrected chi connectivity index (χ3v) is 3.32. The second-order valence-corrected chi connectivity index (χ2v) is 5.15. The van der Waals surface area contributed by atoms with Crippen molar-refractivity contribution in [2.24, 2.45) is 0 Å². The molecular weight excluding hydrogens is 343 g/mol. The molecule has 0 atom stereocenters. The molecule has 0 aliphatic carbocycles. The number of rotatable bonds is 5. The van der Waals surface area contributed by atoms with Crippen LogP contribution in [0.2, 0.25) is 5.02 Å². The summed E-state index contributed by atoms with van der Waals surface area (Å²) < 4.78 is 38.3. The molecule has 0 fully saturated rings. The molecule has 0 aliphatic rings. The van der Waals surface area contributed by atoms with Gasteiger partial charge in [-0.25, -0.2) is 4.98 Å². The number of halogens is 4. The van der Waals surface area contributed by atoms with Crippen LogP contribution in [-0.4, -0.2) is 17.4 Å². The first-order chi connectivity index (χ1) is 11.3. The van der Waals surface area contributed by atoms with Crippen LogP contribution in [0.1, 0.15) is 15.9 Å². The molecule has 1 aromatic heterocycles. The van der Waals surface area contributed by atoms with E-state index in [0.29, 0.717) is 12.4 Å². The van der Waals surface area contributed by atoms with Crippen LogP contribution in [0.15, 0.2) is 49.2 Å². The van der Waals surface area contributed by atoms with Crippen molar-refractivity contribution in [1.29, 1.82) is 0 Å². The van der Waals surface area contributed by atoms with Crippen molar-refractivity contribution in [3.63, 3.8) is 0 Å². The molecule has 0 unspecified atom stereocenters. The number of hydrogen-bond donors (Lipinski definition) is 2. The van der Waals surface area contributed by atoms with Gasteiger partial charge < -0.3 is 10.6 Å². The summed E-state index contributed by atoms with van der Waals surface area (Å²) in [4.78, 5) is 16.2. The number of benzene rings is 1. The number of nitrogens with one attached hydrogen (secondary N) is 2. The second kappa shape index (κ2) is 7.35. The summed E-state index contributed by atoms with van der Waals surface area (Å²) in [5, 5.41) is 5.30. The molecule has 1 amide bonds. The van der Waals surface area contributed by atoms with Gasteiger partial charge in [-0.3, -0.25) is 4.79 Å². The predicted octanol–water partition coefficient (Wildman–Crippen LogP) is 4.60. The molecule has 0 saturated heterocycles. The first-order valence-corrected chi connectivity index (χ1v) is 7.18. The lowest BCUT2D eigenvalue weighted by atomic mass is 10.1. The molecule has 0 aliphatic heterocycles. The van der Waals surface area contributed by atoms with Gasteiger partial charge >= 0.3 is 6.18 Å². The van der Waals surface area contributed by atoms with E-state index in [2.05, 4.69) is 22.2 Å². The van der Waals surface area contributed by atoms with Gasteiger partial charge in [0.1, 0.15) is 5.82 Å². The van der Waals surface area contributed by atoms with Crippen LogP contribution in [0.5, 0.6) is 0 Å². The van der Waals surface area contributed by atoms with E-state index in [9.17, 15) is 18.0 Å². The summed E-state index contributed by atoms with van der Waals surface area (Å²) in [6.07, 6.45) is -1.49. The number of alkyl halides is 3. The first kappa shape index (κ1) is 17.8. The van der Waals surface area contributed by atoms with Gasteiger partial charge in [-0.1, -0.05) is 17.7 Å². The molecule has 4 nitrogen and oxygen atoms in total. The van der Waals surface area contributed by atoms with Crippen LogP contribution >= 0.6 is 11.6 Å². The van der Waals surface area contributed by atoms with Crippen LogP contribution in [0.4, 0.5) is 24.7 Å². The molecule has 2 N–H and O–H groups in total. The number of amides is 1. The van der Waals surface area contributed by atoms with Crippen molar-refractivity contribution in [1.82, 2.24) is 4.98 Å². The van der Waals surface area contributed by atoms with Crippen LogP contribution < -0.4 is 10.6 Å². The fourth-order valence-corrected chi connectivity index (χ4v) is 2.00. The first-order valence-electron chi connectivity index (χ1n) is 6.80. The van der Waals surface area contributed by atoms with Gasteiger partial charge in [0.15, 0.2) is 0 Å². The van der Waals surface area contributed by atoms with Gasteiger partial charge in [-0.05, 0) is 30.3 Å². The summed E-state index contributed by atoms with van der Waals surface area (Å²) in [6, 6.07) is 5.64. The standard InChI is InChI=1S/C16H13ClF3N3O/c1-2-6-21-14-8-10(5-7-22-14)15(24)23-13-9-11(16(18,19)20)3-4-12(13)17/h2-5,7-9H,1,6H2,(H,21,22)(H,23,24). The monoisotopic (exact) mass is 355 g/mol. The zero-order valence-electron chi connectivity index (χ0n) is 12.3. The van der Waals surface area contributed by atoms with Crippen LogP contribution in [-0.2, 0) is 6.18 Å². The molecule has 0 radical (unpaired) electrons. The Kier molecular flexibility index (Phi) is 5.46.